The monoisotopic (exact) mass is 136 g/mol. The van der Waals surface area contributed by atoms with Crippen molar-refractivity contribution in [3.8, 4) is 0 Å². The summed E-state index contributed by atoms with van der Waals surface area (Å²) >= 11 is 0. The SMILES string of the molecule is O=C1CC[C-]=C1O.[K+]. The van der Waals surface area contributed by atoms with Gasteiger partial charge in [-0.1, -0.05) is 6.42 Å². The molecule has 0 aromatic carbocycles. The first-order valence-electron chi connectivity index (χ1n) is 2.13. The first kappa shape index (κ1) is 8.85. The van der Waals surface area contributed by atoms with Gasteiger partial charge in [-0.15, -0.1) is 6.42 Å². The Bertz CT molecular complexity index is 128. The van der Waals surface area contributed by atoms with Crippen molar-refractivity contribution in [2.24, 2.45) is 0 Å². The molecule has 1 N–H and O–H groups in total. The van der Waals surface area contributed by atoms with Crippen LogP contribution in [-0.4, -0.2) is 10.9 Å². The third kappa shape index (κ3) is 1.99. The summed E-state index contributed by atoms with van der Waals surface area (Å²) < 4.78 is 0. The van der Waals surface area contributed by atoms with Crippen molar-refractivity contribution < 1.29 is 61.3 Å². The summed E-state index contributed by atoms with van der Waals surface area (Å²) in [5, 5.41) is 8.45. The van der Waals surface area contributed by atoms with Crippen molar-refractivity contribution in [1.82, 2.24) is 0 Å². The fourth-order valence-corrected chi connectivity index (χ4v) is 0.511. The second kappa shape index (κ2) is 3.79. The Balaban J connectivity index is 0.000000490. The molecule has 1 aliphatic carbocycles. The molecule has 0 aliphatic heterocycles. The minimum absolute atomic E-state index is 0. The summed E-state index contributed by atoms with van der Waals surface area (Å²) in [6.45, 7) is 0. The predicted octanol–water partition coefficient (Wildman–Crippen LogP) is -2.40. The summed E-state index contributed by atoms with van der Waals surface area (Å²) in [6, 6.07) is 0. The number of aliphatic hydroxyl groups is 1. The fraction of sp³-hybridized carbons (Fsp3) is 0.400. The number of ketones is 1. The second-order valence-corrected chi connectivity index (χ2v) is 1.45. The molecule has 8 heavy (non-hydrogen) atoms. The summed E-state index contributed by atoms with van der Waals surface area (Å²) in [5.74, 6) is -0.361. The summed E-state index contributed by atoms with van der Waals surface area (Å²) in [6.07, 6.45) is 3.52. The molecule has 3 heteroatoms. The van der Waals surface area contributed by atoms with Crippen molar-refractivity contribution in [2.45, 2.75) is 12.8 Å². The van der Waals surface area contributed by atoms with Crippen LogP contribution in [0.3, 0.4) is 0 Å². The molecule has 0 radical (unpaired) electrons. The molecular formula is C5H5KO2. The molecule has 0 aromatic rings. The van der Waals surface area contributed by atoms with Gasteiger partial charge in [-0.25, -0.2) is 6.08 Å². The smallest absolute Gasteiger partial charge is 0.543 e. The van der Waals surface area contributed by atoms with Crippen molar-refractivity contribution in [3.05, 3.63) is 11.8 Å². The van der Waals surface area contributed by atoms with Gasteiger partial charge in [0.1, 0.15) is 0 Å². The second-order valence-electron chi connectivity index (χ2n) is 1.45. The average Bonchev–Trinajstić information content (AvgIpc) is 1.91. The van der Waals surface area contributed by atoms with Crippen LogP contribution >= 0.6 is 0 Å². The largest absolute Gasteiger partial charge is 1.00 e. The van der Waals surface area contributed by atoms with Crippen LogP contribution in [0.25, 0.3) is 0 Å². The molecule has 0 bridgehead atoms. The molecule has 2 nitrogen and oxygen atoms in total. The molecule has 0 atom stereocenters. The van der Waals surface area contributed by atoms with Gasteiger partial charge in [0, 0.05) is 5.78 Å². The number of hydrogen-bond donors (Lipinski definition) is 1. The van der Waals surface area contributed by atoms with E-state index >= 15 is 0 Å². The number of aliphatic hydroxyl groups excluding tert-OH is 1. The van der Waals surface area contributed by atoms with Crippen LogP contribution in [0.5, 0.6) is 0 Å². The van der Waals surface area contributed by atoms with Gasteiger partial charge in [0.15, 0.2) is 0 Å². The molecule has 0 heterocycles. The van der Waals surface area contributed by atoms with Crippen LogP contribution in [0.1, 0.15) is 12.8 Å². The van der Waals surface area contributed by atoms with E-state index in [1.54, 1.807) is 0 Å². The summed E-state index contributed by atoms with van der Waals surface area (Å²) in [5.41, 5.74) is 0. The summed E-state index contributed by atoms with van der Waals surface area (Å²) in [7, 11) is 0. The normalized spacial score (nSPS) is 17.5. The first-order chi connectivity index (χ1) is 3.30. The molecule has 0 amide bonds. The van der Waals surface area contributed by atoms with Crippen molar-refractivity contribution in [2.75, 3.05) is 0 Å². The first-order valence-corrected chi connectivity index (χ1v) is 2.13. The van der Waals surface area contributed by atoms with E-state index in [1.807, 2.05) is 0 Å². The van der Waals surface area contributed by atoms with E-state index in [-0.39, 0.29) is 62.9 Å². The number of Topliss-reactive ketones (excluding diaryl/α,β-unsaturated/α-hetero) is 1. The van der Waals surface area contributed by atoms with E-state index in [1.165, 1.54) is 0 Å². The van der Waals surface area contributed by atoms with Crippen molar-refractivity contribution in [3.63, 3.8) is 0 Å². The third-order valence-electron chi connectivity index (χ3n) is 0.909. The molecule has 0 spiro atoms. The van der Waals surface area contributed by atoms with Crippen LogP contribution in [0.4, 0.5) is 0 Å². The van der Waals surface area contributed by atoms with E-state index in [0.717, 1.165) is 0 Å². The Morgan fingerprint density at radius 2 is 2.25 bits per heavy atom. The minimum atomic E-state index is -0.181. The zero-order chi connectivity index (χ0) is 5.28. The van der Waals surface area contributed by atoms with Gasteiger partial charge in [0.25, 0.3) is 0 Å². The average molecular weight is 136 g/mol. The Kier molecular flexibility index (Phi) is 4.19. The quantitative estimate of drug-likeness (QED) is 0.298. The van der Waals surface area contributed by atoms with Crippen LogP contribution in [0.15, 0.2) is 5.76 Å². The zero-order valence-corrected chi connectivity index (χ0v) is 7.89. The molecule has 1 rings (SSSR count). The van der Waals surface area contributed by atoms with Crippen LogP contribution in [0.2, 0.25) is 0 Å². The molecular weight excluding hydrogens is 131 g/mol. The van der Waals surface area contributed by atoms with Gasteiger partial charge >= 0.3 is 51.4 Å². The van der Waals surface area contributed by atoms with Gasteiger partial charge in [-0.05, 0) is 5.76 Å². The molecule has 38 valence electrons. The van der Waals surface area contributed by atoms with Gasteiger partial charge < -0.3 is 9.90 Å². The Labute approximate surface area is 90.4 Å². The number of rotatable bonds is 0. The Hall–Kier alpha value is 0.846. The maximum absolute atomic E-state index is 10.2. The van der Waals surface area contributed by atoms with Gasteiger partial charge in [0.05, 0.1) is 0 Å². The van der Waals surface area contributed by atoms with Crippen LogP contribution < -0.4 is 51.4 Å². The minimum Gasteiger partial charge on any atom is -0.543 e. The third-order valence-corrected chi connectivity index (χ3v) is 0.909. The standard InChI is InChI=1S/C5H5O2.K/c6-4-2-1-3-5(4)7;/h7H,1-2H2;/q-1;+1. The van der Waals surface area contributed by atoms with E-state index in [9.17, 15) is 4.79 Å². The van der Waals surface area contributed by atoms with Gasteiger partial charge in [-0.2, -0.15) is 0 Å². The van der Waals surface area contributed by atoms with Crippen molar-refractivity contribution in [1.29, 1.82) is 0 Å². The summed E-state index contributed by atoms with van der Waals surface area (Å²) in [4.78, 5) is 10.2. The number of allylic oxidation sites excluding steroid dienone is 2. The molecule has 1 aliphatic rings. The van der Waals surface area contributed by atoms with Crippen LogP contribution in [0, 0.1) is 6.08 Å². The topological polar surface area (TPSA) is 37.3 Å². The maximum Gasteiger partial charge on any atom is 1.00 e. The molecule has 0 aromatic heterocycles. The zero-order valence-electron chi connectivity index (χ0n) is 4.77. The number of carbonyl (C=O) groups is 1. The van der Waals surface area contributed by atoms with Gasteiger partial charge in [0.2, 0.25) is 0 Å². The van der Waals surface area contributed by atoms with E-state index in [2.05, 4.69) is 6.08 Å². The van der Waals surface area contributed by atoms with E-state index < -0.39 is 0 Å². The van der Waals surface area contributed by atoms with Gasteiger partial charge in [-0.3, -0.25) is 0 Å². The predicted molar refractivity (Wildman–Crippen MR) is 23.6 cm³/mol. The Morgan fingerprint density at radius 3 is 2.38 bits per heavy atom. The molecule has 0 fully saturated rings. The van der Waals surface area contributed by atoms with Crippen LogP contribution in [-0.2, 0) is 4.79 Å². The molecule has 0 unspecified atom stereocenters. The van der Waals surface area contributed by atoms with E-state index in [4.69, 9.17) is 5.11 Å². The fourth-order valence-electron chi connectivity index (χ4n) is 0.511. The maximum atomic E-state index is 10.2. The van der Waals surface area contributed by atoms with Crippen molar-refractivity contribution >= 4 is 5.78 Å². The number of carbonyl (C=O) groups excluding carboxylic acids is 1. The Morgan fingerprint density at radius 1 is 1.62 bits per heavy atom. The number of hydrogen-bond acceptors (Lipinski definition) is 2. The molecule has 0 saturated heterocycles. The van der Waals surface area contributed by atoms with E-state index in [0.29, 0.717) is 12.8 Å². The molecule has 0 saturated carbocycles.